The number of nitrogens with zero attached hydrogens (tertiary/aromatic N) is 3. The van der Waals surface area contributed by atoms with Gasteiger partial charge in [-0.15, -0.1) is 0 Å². The normalized spacial score (nSPS) is 11.8. The van der Waals surface area contributed by atoms with Gasteiger partial charge < -0.3 is 15.0 Å². The predicted molar refractivity (Wildman–Crippen MR) is 141 cm³/mol. The van der Waals surface area contributed by atoms with E-state index in [4.69, 9.17) is 4.74 Å². The molecule has 0 saturated carbocycles. The zero-order chi connectivity index (χ0) is 27.9. The minimum atomic E-state index is -4.31. The van der Waals surface area contributed by atoms with Crippen molar-refractivity contribution in [3.8, 4) is 5.75 Å². The molecule has 2 amide bonds. The summed E-state index contributed by atoms with van der Waals surface area (Å²) in [7, 11) is -1.36. The highest BCUT2D eigenvalue weighted by atomic mass is 32.2. The maximum absolute atomic E-state index is 13.7. The molecule has 0 spiro atoms. The second-order valence-corrected chi connectivity index (χ2v) is 10.1. The number of carbonyl (C=O) groups excluding carboxylic acids is 2. The number of hydrogen-bond acceptors (Lipinski definition) is 7. The highest BCUT2D eigenvalue weighted by Crippen LogP contribution is 2.27. The van der Waals surface area contributed by atoms with Crippen molar-refractivity contribution < 1.29 is 27.7 Å². The van der Waals surface area contributed by atoms with Crippen molar-refractivity contribution in [3.05, 3.63) is 94.5 Å². The average molecular weight is 541 g/mol. The molecule has 3 aromatic rings. The van der Waals surface area contributed by atoms with Crippen molar-refractivity contribution in [2.24, 2.45) is 0 Å². The summed E-state index contributed by atoms with van der Waals surface area (Å²) in [5.74, 6) is -0.514. The van der Waals surface area contributed by atoms with Gasteiger partial charge in [0.2, 0.25) is 11.8 Å². The van der Waals surface area contributed by atoms with Crippen LogP contribution in [0, 0.1) is 10.1 Å². The molecule has 0 aliphatic heterocycles. The van der Waals surface area contributed by atoms with Gasteiger partial charge in [0.15, 0.2) is 0 Å². The molecule has 0 aromatic heterocycles. The van der Waals surface area contributed by atoms with Crippen molar-refractivity contribution in [2.75, 3.05) is 25.0 Å². The van der Waals surface area contributed by atoms with E-state index in [2.05, 4.69) is 5.32 Å². The number of carbonyl (C=O) groups is 2. The lowest BCUT2D eigenvalue weighted by Crippen LogP contribution is -2.50. The Labute approximate surface area is 220 Å². The number of sulfonamides is 1. The fraction of sp³-hybridized carbons (Fsp3) is 0.231. The molecule has 0 fully saturated rings. The third kappa shape index (κ3) is 6.45. The SMILES string of the molecule is CNC(=O)C(C)N(Cc1ccc(OC)cc1)C(=O)CN(c1cccc([N+](=O)[O-])c1)S(=O)(=O)c1ccccc1. The van der Waals surface area contributed by atoms with E-state index in [1.807, 2.05) is 0 Å². The number of amides is 2. The minimum absolute atomic E-state index is 0.00553. The largest absolute Gasteiger partial charge is 0.497 e. The Hall–Kier alpha value is -4.45. The van der Waals surface area contributed by atoms with Crippen LogP contribution in [0.2, 0.25) is 0 Å². The van der Waals surface area contributed by atoms with Gasteiger partial charge in [-0.05, 0) is 42.8 Å². The van der Waals surface area contributed by atoms with Crippen LogP contribution < -0.4 is 14.4 Å². The topological polar surface area (TPSA) is 139 Å². The number of methoxy groups -OCH3 is 1. The number of rotatable bonds is 11. The fourth-order valence-electron chi connectivity index (χ4n) is 3.73. The summed E-state index contributed by atoms with van der Waals surface area (Å²) in [4.78, 5) is 38.1. The molecule has 1 N–H and O–H groups in total. The molecule has 11 nitrogen and oxygen atoms in total. The van der Waals surface area contributed by atoms with Crippen LogP contribution in [0.3, 0.4) is 0 Å². The van der Waals surface area contributed by atoms with Gasteiger partial charge in [-0.2, -0.15) is 0 Å². The maximum atomic E-state index is 13.7. The Bertz CT molecular complexity index is 1400. The molecule has 1 atom stereocenters. The van der Waals surface area contributed by atoms with Crippen LogP contribution in [-0.2, 0) is 26.2 Å². The van der Waals surface area contributed by atoms with Gasteiger partial charge in [0.05, 0.1) is 22.6 Å². The molecule has 0 aliphatic carbocycles. The molecule has 12 heteroatoms. The van der Waals surface area contributed by atoms with E-state index in [1.165, 1.54) is 68.4 Å². The third-order valence-electron chi connectivity index (χ3n) is 5.86. The summed E-state index contributed by atoms with van der Waals surface area (Å²) >= 11 is 0. The molecule has 0 radical (unpaired) electrons. The quantitative estimate of drug-likeness (QED) is 0.291. The molecule has 3 rings (SSSR count). The Morgan fingerprint density at radius 2 is 1.68 bits per heavy atom. The summed E-state index contributed by atoms with van der Waals surface area (Å²) < 4.78 is 33.3. The molecule has 0 saturated heterocycles. The number of ether oxygens (including phenoxy) is 1. The molecule has 0 aliphatic rings. The molecule has 0 heterocycles. The first kappa shape index (κ1) is 28.1. The summed E-state index contributed by atoms with van der Waals surface area (Å²) in [6.07, 6.45) is 0. The summed E-state index contributed by atoms with van der Waals surface area (Å²) in [6, 6.07) is 18.4. The van der Waals surface area contributed by atoms with Gasteiger partial charge in [-0.1, -0.05) is 36.4 Å². The molecule has 1 unspecified atom stereocenters. The molecule has 0 bridgehead atoms. The van der Waals surface area contributed by atoms with E-state index >= 15 is 0 Å². The van der Waals surface area contributed by atoms with Crippen LogP contribution in [0.1, 0.15) is 12.5 Å². The third-order valence-corrected chi connectivity index (χ3v) is 7.65. The summed E-state index contributed by atoms with van der Waals surface area (Å²) in [6.45, 7) is 0.838. The van der Waals surface area contributed by atoms with Crippen LogP contribution in [-0.4, -0.2) is 56.8 Å². The van der Waals surface area contributed by atoms with E-state index in [9.17, 15) is 28.1 Å². The highest BCUT2D eigenvalue weighted by molar-refractivity contribution is 7.92. The fourth-order valence-corrected chi connectivity index (χ4v) is 5.16. The number of anilines is 1. The van der Waals surface area contributed by atoms with Crippen molar-refractivity contribution >= 4 is 33.2 Å². The number of benzene rings is 3. The van der Waals surface area contributed by atoms with Crippen LogP contribution in [0.25, 0.3) is 0 Å². The van der Waals surface area contributed by atoms with Gasteiger partial charge in [-0.25, -0.2) is 8.42 Å². The first-order valence-electron chi connectivity index (χ1n) is 11.5. The van der Waals surface area contributed by atoms with E-state index in [-0.39, 0.29) is 22.8 Å². The molecule has 200 valence electrons. The lowest BCUT2D eigenvalue weighted by atomic mass is 10.1. The highest BCUT2D eigenvalue weighted by Gasteiger charge is 2.32. The van der Waals surface area contributed by atoms with Crippen LogP contribution in [0.15, 0.2) is 83.8 Å². The Morgan fingerprint density at radius 1 is 1.03 bits per heavy atom. The second kappa shape index (κ2) is 12.2. The van der Waals surface area contributed by atoms with Crippen LogP contribution in [0.5, 0.6) is 5.75 Å². The smallest absolute Gasteiger partial charge is 0.271 e. The summed E-state index contributed by atoms with van der Waals surface area (Å²) in [5, 5.41) is 13.9. The van der Waals surface area contributed by atoms with Crippen LogP contribution in [0.4, 0.5) is 11.4 Å². The first-order valence-corrected chi connectivity index (χ1v) is 13.0. The van der Waals surface area contributed by atoms with Crippen molar-refractivity contribution in [1.82, 2.24) is 10.2 Å². The standard InChI is InChI=1S/C26H28N4O7S/c1-19(26(32)27-2)28(17-20-12-14-23(37-3)15-13-20)25(31)18-29(21-8-7-9-22(16-21)30(33)34)38(35,36)24-10-5-4-6-11-24/h4-16,19H,17-18H2,1-3H3,(H,27,32). The first-order chi connectivity index (χ1) is 18.1. The van der Waals surface area contributed by atoms with Gasteiger partial charge >= 0.3 is 0 Å². The molecule has 3 aromatic carbocycles. The average Bonchev–Trinajstić information content (AvgIpc) is 2.94. The van der Waals surface area contributed by atoms with E-state index in [0.29, 0.717) is 11.3 Å². The lowest BCUT2D eigenvalue weighted by molar-refractivity contribution is -0.384. The van der Waals surface area contributed by atoms with Gasteiger partial charge in [-0.3, -0.25) is 24.0 Å². The molecular formula is C26H28N4O7S. The van der Waals surface area contributed by atoms with Crippen molar-refractivity contribution in [1.29, 1.82) is 0 Å². The predicted octanol–water partition coefficient (Wildman–Crippen LogP) is 2.96. The van der Waals surface area contributed by atoms with Gasteiger partial charge in [0.25, 0.3) is 15.7 Å². The Morgan fingerprint density at radius 3 is 2.26 bits per heavy atom. The van der Waals surface area contributed by atoms with Crippen molar-refractivity contribution in [2.45, 2.75) is 24.4 Å². The monoisotopic (exact) mass is 540 g/mol. The van der Waals surface area contributed by atoms with Crippen LogP contribution >= 0.6 is 0 Å². The van der Waals surface area contributed by atoms with E-state index in [0.717, 1.165) is 10.4 Å². The number of likely N-dealkylation sites (N-methyl/N-ethyl adjacent to an activating group) is 1. The zero-order valence-electron chi connectivity index (χ0n) is 21.1. The number of nitrogens with one attached hydrogen (secondary N) is 1. The Balaban J connectivity index is 2.05. The lowest BCUT2D eigenvalue weighted by Gasteiger charge is -2.31. The number of hydrogen-bond donors (Lipinski definition) is 1. The van der Waals surface area contributed by atoms with Gasteiger partial charge in [0.1, 0.15) is 18.3 Å². The number of non-ortho nitro benzene ring substituents is 1. The van der Waals surface area contributed by atoms with E-state index < -0.39 is 39.3 Å². The Kier molecular flexibility index (Phi) is 9.02. The molecular weight excluding hydrogens is 512 g/mol. The van der Waals surface area contributed by atoms with E-state index in [1.54, 1.807) is 30.3 Å². The molecule has 38 heavy (non-hydrogen) atoms. The number of nitro groups is 1. The zero-order valence-corrected chi connectivity index (χ0v) is 21.9. The number of nitro benzene ring substituents is 1. The second-order valence-electron chi connectivity index (χ2n) is 8.26. The summed E-state index contributed by atoms with van der Waals surface area (Å²) in [5.41, 5.74) is 0.285. The van der Waals surface area contributed by atoms with Gasteiger partial charge in [0, 0.05) is 25.7 Å². The minimum Gasteiger partial charge on any atom is -0.497 e. The van der Waals surface area contributed by atoms with Crippen molar-refractivity contribution in [3.63, 3.8) is 0 Å². The maximum Gasteiger partial charge on any atom is 0.271 e.